The summed E-state index contributed by atoms with van der Waals surface area (Å²) in [6, 6.07) is 12.6. The zero-order valence-corrected chi connectivity index (χ0v) is 17.0. The van der Waals surface area contributed by atoms with Crippen molar-refractivity contribution in [1.29, 1.82) is 0 Å². The predicted molar refractivity (Wildman–Crippen MR) is 114 cm³/mol. The van der Waals surface area contributed by atoms with Crippen molar-refractivity contribution in [3.8, 4) is 0 Å². The van der Waals surface area contributed by atoms with Crippen LogP contribution in [0.3, 0.4) is 0 Å². The van der Waals surface area contributed by atoms with Crippen molar-refractivity contribution in [2.24, 2.45) is 0 Å². The molecule has 1 aromatic heterocycles. The maximum atomic E-state index is 12.9. The number of hydroxylamine groups is 1. The number of nitro groups is 1. The lowest BCUT2D eigenvalue weighted by Crippen LogP contribution is -2.47. The lowest BCUT2D eigenvalue weighted by atomic mass is 10.1. The third kappa shape index (κ3) is 4.42. The SMILES string of the molecule is CC1(C)SC(=S)N(Cc2ccccc2)[C@H]1/[N+]([O-])=C/C=C/c1ccc([N+](=O)[O-])o1. The zero-order chi connectivity index (χ0) is 20.3. The maximum Gasteiger partial charge on any atom is 0.433 e. The molecule has 2 heterocycles. The highest BCUT2D eigenvalue weighted by atomic mass is 32.2. The number of hydrogen-bond acceptors (Lipinski definition) is 6. The van der Waals surface area contributed by atoms with Crippen molar-refractivity contribution in [2.75, 3.05) is 0 Å². The van der Waals surface area contributed by atoms with Gasteiger partial charge in [0.2, 0.25) is 0 Å². The average molecular weight is 418 g/mol. The van der Waals surface area contributed by atoms with Gasteiger partial charge in [0.15, 0.2) is 6.21 Å². The van der Waals surface area contributed by atoms with Gasteiger partial charge in [-0.15, -0.1) is 0 Å². The van der Waals surface area contributed by atoms with E-state index in [9.17, 15) is 15.3 Å². The van der Waals surface area contributed by atoms with Crippen LogP contribution in [-0.2, 0) is 6.54 Å². The molecule has 0 spiro atoms. The van der Waals surface area contributed by atoms with Crippen LogP contribution in [0.15, 0.2) is 53.0 Å². The Labute approximate surface area is 172 Å². The van der Waals surface area contributed by atoms with E-state index in [-0.39, 0.29) is 5.88 Å². The Balaban J connectivity index is 1.80. The molecule has 0 aliphatic carbocycles. The summed E-state index contributed by atoms with van der Waals surface area (Å²) in [6.45, 7) is 4.51. The van der Waals surface area contributed by atoms with Crippen molar-refractivity contribution in [1.82, 2.24) is 4.90 Å². The molecule has 0 unspecified atom stereocenters. The molecule has 1 aliphatic heterocycles. The Morgan fingerprint density at radius 1 is 1.25 bits per heavy atom. The van der Waals surface area contributed by atoms with Crippen LogP contribution in [0.5, 0.6) is 0 Å². The first-order chi connectivity index (χ1) is 13.3. The Kier molecular flexibility index (Phi) is 5.85. The minimum atomic E-state index is -0.609. The molecule has 1 saturated heterocycles. The lowest BCUT2D eigenvalue weighted by Gasteiger charge is -2.29. The van der Waals surface area contributed by atoms with E-state index in [1.54, 1.807) is 0 Å². The topological polar surface area (TPSA) is 85.6 Å². The molecule has 9 heteroatoms. The lowest BCUT2D eigenvalue weighted by molar-refractivity contribution is -0.524. The van der Waals surface area contributed by atoms with E-state index in [0.717, 1.165) is 10.3 Å². The van der Waals surface area contributed by atoms with Gasteiger partial charge >= 0.3 is 5.88 Å². The summed E-state index contributed by atoms with van der Waals surface area (Å²) < 4.78 is 6.19. The number of hydrogen-bond donors (Lipinski definition) is 0. The van der Waals surface area contributed by atoms with Crippen molar-refractivity contribution in [2.45, 2.75) is 31.3 Å². The van der Waals surface area contributed by atoms with Gasteiger partial charge in [0.25, 0.3) is 6.17 Å². The highest BCUT2D eigenvalue weighted by Crippen LogP contribution is 2.42. The van der Waals surface area contributed by atoms with Crippen molar-refractivity contribution >= 4 is 46.5 Å². The number of thioether (sulfide) groups is 1. The molecule has 0 N–H and O–H groups in total. The van der Waals surface area contributed by atoms with Gasteiger partial charge in [-0.1, -0.05) is 54.3 Å². The second-order valence-corrected chi connectivity index (χ2v) is 9.05. The second-order valence-electron chi connectivity index (χ2n) is 6.76. The van der Waals surface area contributed by atoms with Crippen LogP contribution in [0, 0.1) is 15.3 Å². The van der Waals surface area contributed by atoms with E-state index in [1.807, 2.05) is 49.1 Å². The van der Waals surface area contributed by atoms with Gasteiger partial charge in [-0.2, -0.15) is 4.74 Å². The standard InChI is InChI=1S/C19H19N3O4S2/c1-19(2)17(20(18(27)28-19)13-14-7-4-3-5-8-14)21(23)12-6-9-15-10-11-16(26-15)22(24)25/h3-12,17H,13H2,1-2H3/b9-6+,21-12-/t17-/m0/s1. The normalized spacial score (nSPS) is 19.5. The summed E-state index contributed by atoms with van der Waals surface area (Å²) in [7, 11) is 0. The van der Waals surface area contributed by atoms with Gasteiger partial charge < -0.3 is 9.62 Å². The minimum Gasteiger partial charge on any atom is -0.622 e. The van der Waals surface area contributed by atoms with Gasteiger partial charge in [0.1, 0.15) is 19.8 Å². The summed E-state index contributed by atoms with van der Waals surface area (Å²) >= 11 is 7.01. The Morgan fingerprint density at radius 3 is 2.61 bits per heavy atom. The summed E-state index contributed by atoms with van der Waals surface area (Å²) in [5.41, 5.74) is 1.07. The van der Waals surface area contributed by atoms with Crippen LogP contribution in [0.2, 0.25) is 0 Å². The maximum absolute atomic E-state index is 12.9. The quantitative estimate of drug-likeness (QED) is 0.172. The molecule has 28 heavy (non-hydrogen) atoms. The fourth-order valence-electron chi connectivity index (χ4n) is 3.02. The van der Waals surface area contributed by atoms with Gasteiger partial charge in [0, 0.05) is 6.08 Å². The van der Waals surface area contributed by atoms with Crippen LogP contribution >= 0.6 is 24.0 Å². The molecule has 1 atom stereocenters. The molecule has 3 rings (SSSR count). The highest BCUT2D eigenvalue weighted by Gasteiger charge is 2.50. The van der Waals surface area contributed by atoms with Gasteiger partial charge in [-0.25, -0.2) is 0 Å². The van der Waals surface area contributed by atoms with E-state index in [0.29, 0.717) is 16.6 Å². The van der Waals surface area contributed by atoms with Crippen molar-refractivity contribution in [3.63, 3.8) is 0 Å². The van der Waals surface area contributed by atoms with E-state index >= 15 is 0 Å². The van der Waals surface area contributed by atoms with Crippen LogP contribution in [0.25, 0.3) is 6.08 Å². The molecule has 1 aromatic carbocycles. The van der Waals surface area contributed by atoms with Crippen LogP contribution in [0.4, 0.5) is 5.88 Å². The number of thiocarbonyl (C=S) groups is 1. The Hall–Kier alpha value is -2.65. The van der Waals surface area contributed by atoms with E-state index in [2.05, 4.69) is 0 Å². The van der Waals surface area contributed by atoms with Gasteiger partial charge in [0.05, 0.1) is 12.6 Å². The van der Waals surface area contributed by atoms with Crippen LogP contribution in [0.1, 0.15) is 25.2 Å². The summed E-state index contributed by atoms with van der Waals surface area (Å²) in [6.07, 6.45) is 3.92. The van der Waals surface area contributed by atoms with Crippen molar-refractivity contribution in [3.05, 3.63) is 75.2 Å². The van der Waals surface area contributed by atoms with Crippen LogP contribution < -0.4 is 0 Å². The first-order valence-electron chi connectivity index (χ1n) is 8.53. The number of nitrogens with zero attached hydrogens (tertiary/aromatic N) is 3. The average Bonchev–Trinajstić information content (AvgIpc) is 3.18. The Morgan fingerprint density at radius 2 is 1.96 bits per heavy atom. The summed E-state index contributed by atoms with van der Waals surface area (Å²) in [5.74, 6) is -0.0422. The molecule has 0 radical (unpaired) electrons. The van der Waals surface area contributed by atoms with Crippen LogP contribution in [-0.4, -0.2) is 36.0 Å². The molecule has 2 aromatic rings. The highest BCUT2D eigenvalue weighted by molar-refractivity contribution is 8.24. The molecule has 1 fully saturated rings. The number of rotatable bonds is 6. The van der Waals surface area contributed by atoms with E-state index in [1.165, 1.54) is 42.3 Å². The smallest absolute Gasteiger partial charge is 0.433 e. The third-order valence-corrected chi connectivity index (χ3v) is 5.86. The number of allylic oxidation sites excluding steroid dienone is 1. The number of furan rings is 1. The predicted octanol–water partition coefficient (Wildman–Crippen LogP) is 4.42. The second kappa shape index (κ2) is 8.15. The molecule has 0 saturated carbocycles. The molecular weight excluding hydrogens is 398 g/mol. The molecule has 1 aliphatic rings. The van der Waals surface area contributed by atoms with Crippen molar-refractivity contribution < 1.29 is 14.1 Å². The molecule has 146 valence electrons. The van der Waals surface area contributed by atoms with Gasteiger partial charge in [-0.05, 0) is 31.6 Å². The number of benzene rings is 1. The largest absolute Gasteiger partial charge is 0.622 e. The zero-order valence-electron chi connectivity index (χ0n) is 15.3. The summed E-state index contributed by atoms with van der Waals surface area (Å²) in [4.78, 5) is 12.0. The fourth-order valence-corrected chi connectivity index (χ4v) is 4.90. The Bertz CT molecular complexity index is 938. The third-order valence-electron chi connectivity index (χ3n) is 4.22. The van der Waals surface area contributed by atoms with E-state index < -0.39 is 15.8 Å². The minimum absolute atomic E-state index is 0.299. The summed E-state index contributed by atoms with van der Waals surface area (Å²) in [5, 5.41) is 23.5. The molecule has 7 nitrogen and oxygen atoms in total. The molecular formula is C19H19N3O4S2. The molecule has 0 amide bonds. The fraction of sp³-hybridized carbons (Fsp3) is 0.263. The molecule has 0 bridgehead atoms. The first-order valence-corrected chi connectivity index (χ1v) is 9.75. The van der Waals surface area contributed by atoms with E-state index in [4.69, 9.17) is 16.6 Å². The van der Waals surface area contributed by atoms with Gasteiger partial charge in [-0.3, -0.25) is 15.0 Å². The first kappa shape index (κ1) is 20.1. The monoisotopic (exact) mass is 417 g/mol.